The van der Waals surface area contributed by atoms with Crippen LogP contribution in [0.25, 0.3) is 0 Å². The molecule has 4 aromatic carbocycles. The van der Waals surface area contributed by atoms with Crippen molar-refractivity contribution in [1.82, 2.24) is 5.32 Å². The Morgan fingerprint density at radius 1 is 0.889 bits per heavy atom. The van der Waals surface area contributed by atoms with Gasteiger partial charge < -0.3 is 10.1 Å². The number of rotatable bonds is 8. The van der Waals surface area contributed by atoms with Crippen molar-refractivity contribution in [3.63, 3.8) is 0 Å². The minimum atomic E-state index is -1.23. The summed E-state index contributed by atoms with van der Waals surface area (Å²) in [4.78, 5) is 40.6. The van der Waals surface area contributed by atoms with Gasteiger partial charge in [0.05, 0.1) is 0 Å². The fourth-order valence-corrected chi connectivity index (χ4v) is 6.34. The molecule has 1 aliphatic carbocycles. The summed E-state index contributed by atoms with van der Waals surface area (Å²) in [5.41, 5.74) is 3.42. The van der Waals surface area contributed by atoms with Crippen LogP contribution in [0, 0.1) is 25.1 Å². The van der Waals surface area contributed by atoms with Gasteiger partial charge in [-0.3, -0.25) is 9.59 Å². The Hall–Kier alpha value is -4.58. The number of ether oxygens (including phenoxy) is 1. The van der Waals surface area contributed by atoms with Gasteiger partial charge in [-0.15, -0.1) is 0 Å². The van der Waals surface area contributed by atoms with Crippen LogP contribution in [0.5, 0.6) is 5.75 Å². The Bertz CT molecular complexity index is 1720. The molecule has 1 N–H and O–H groups in total. The van der Waals surface area contributed by atoms with Gasteiger partial charge in [0.2, 0.25) is 5.91 Å². The Kier molecular flexibility index (Phi) is 8.79. The number of aryl methyl sites for hydroxylation is 2. The van der Waals surface area contributed by atoms with E-state index in [0.717, 1.165) is 16.7 Å². The van der Waals surface area contributed by atoms with Crippen LogP contribution in [0.15, 0.2) is 91.0 Å². The second-order valence-electron chi connectivity index (χ2n) is 13.4. The van der Waals surface area contributed by atoms with Crippen LogP contribution >= 0.6 is 0 Å². The van der Waals surface area contributed by atoms with Crippen molar-refractivity contribution in [1.29, 1.82) is 0 Å². The molecule has 5 nitrogen and oxygen atoms in total. The number of halogens is 1. The Balaban J connectivity index is 1.49. The Labute approximate surface area is 264 Å². The maximum absolute atomic E-state index is 15.5. The summed E-state index contributed by atoms with van der Waals surface area (Å²) in [6.45, 7) is 11.3. The van der Waals surface area contributed by atoms with E-state index in [1.54, 1.807) is 44.2 Å². The zero-order valence-corrected chi connectivity index (χ0v) is 26.7. The Morgan fingerprint density at radius 3 is 2.09 bits per heavy atom. The molecule has 6 heteroatoms. The zero-order valence-electron chi connectivity index (χ0n) is 26.7. The molecule has 0 saturated heterocycles. The van der Waals surface area contributed by atoms with Crippen LogP contribution < -0.4 is 10.1 Å². The van der Waals surface area contributed by atoms with E-state index in [-0.39, 0.29) is 41.5 Å². The molecule has 0 aromatic heterocycles. The SMILES string of the molecule is Cc1ccc(C2(c3ccc(OC(=O)C(Cc4ccccc4)NC(=O)CC(C)(C)C)cc3)C(=O)C(C)c3c2ccc(C)c3F)cc1. The summed E-state index contributed by atoms with van der Waals surface area (Å²) in [5, 5.41) is 2.87. The average molecular weight is 606 g/mol. The van der Waals surface area contributed by atoms with Crippen molar-refractivity contribution in [3.05, 3.63) is 136 Å². The highest BCUT2D eigenvalue weighted by Crippen LogP contribution is 2.52. The van der Waals surface area contributed by atoms with Gasteiger partial charge in [0, 0.05) is 24.3 Å². The Morgan fingerprint density at radius 2 is 1.49 bits per heavy atom. The first-order valence-electron chi connectivity index (χ1n) is 15.4. The second kappa shape index (κ2) is 12.4. The molecular weight excluding hydrogens is 565 g/mol. The number of hydrogen-bond acceptors (Lipinski definition) is 4. The van der Waals surface area contributed by atoms with E-state index in [1.165, 1.54) is 0 Å². The summed E-state index contributed by atoms with van der Waals surface area (Å²) in [6.07, 6.45) is 0.535. The third-order valence-corrected chi connectivity index (χ3v) is 8.56. The molecule has 45 heavy (non-hydrogen) atoms. The number of esters is 1. The number of ketones is 1. The third-order valence-electron chi connectivity index (χ3n) is 8.56. The molecule has 4 aromatic rings. The van der Waals surface area contributed by atoms with Gasteiger partial charge >= 0.3 is 5.97 Å². The number of Topliss-reactive ketones (excluding diaryl/α,β-unsaturated/α-hetero) is 1. The second-order valence-corrected chi connectivity index (χ2v) is 13.4. The van der Waals surface area contributed by atoms with Crippen LogP contribution in [0.4, 0.5) is 4.39 Å². The summed E-state index contributed by atoms with van der Waals surface area (Å²) in [6, 6.07) is 26.7. The lowest BCUT2D eigenvalue weighted by Crippen LogP contribution is -2.45. The van der Waals surface area contributed by atoms with Crippen LogP contribution in [0.2, 0.25) is 0 Å². The fraction of sp³-hybridized carbons (Fsp3) is 0.308. The lowest BCUT2D eigenvalue weighted by molar-refractivity contribution is -0.139. The highest BCUT2D eigenvalue weighted by Gasteiger charge is 2.53. The monoisotopic (exact) mass is 605 g/mol. The number of carbonyl (C=O) groups is 3. The maximum atomic E-state index is 15.5. The first-order chi connectivity index (χ1) is 21.3. The molecule has 3 atom stereocenters. The normalized spacial score (nSPS) is 18.3. The van der Waals surface area contributed by atoms with E-state index in [4.69, 9.17) is 4.74 Å². The number of nitrogens with one attached hydrogen (secondary N) is 1. The van der Waals surface area contributed by atoms with Crippen LogP contribution in [-0.4, -0.2) is 23.7 Å². The first-order valence-corrected chi connectivity index (χ1v) is 15.4. The molecule has 0 saturated carbocycles. The van der Waals surface area contributed by atoms with E-state index in [2.05, 4.69) is 5.32 Å². The van der Waals surface area contributed by atoms with E-state index < -0.39 is 23.3 Å². The average Bonchev–Trinajstić information content (AvgIpc) is 3.22. The van der Waals surface area contributed by atoms with Gasteiger partial charge in [0.1, 0.15) is 23.0 Å². The fourth-order valence-electron chi connectivity index (χ4n) is 6.34. The number of benzene rings is 4. The number of fused-ring (bicyclic) bond motifs is 1. The van der Waals surface area contributed by atoms with E-state index in [1.807, 2.05) is 88.4 Å². The summed E-state index contributed by atoms with van der Waals surface area (Å²) < 4.78 is 21.4. The van der Waals surface area contributed by atoms with Crippen LogP contribution in [0.1, 0.15) is 79.0 Å². The molecular formula is C39H40FNO4. The topological polar surface area (TPSA) is 72.5 Å². The lowest BCUT2D eigenvalue weighted by Gasteiger charge is -2.31. The van der Waals surface area contributed by atoms with Crippen LogP contribution in [-0.2, 0) is 26.2 Å². The van der Waals surface area contributed by atoms with Gasteiger partial charge in [0.15, 0.2) is 5.78 Å². The van der Waals surface area contributed by atoms with Gasteiger partial charge in [0.25, 0.3) is 0 Å². The molecule has 0 spiro atoms. The molecule has 0 fully saturated rings. The number of amides is 1. The van der Waals surface area contributed by atoms with Crippen molar-refractivity contribution in [3.8, 4) is 5.75 Å². The molecule has 3 unspecified atom stereocenters. The van der Waals surface area contributed by atoms with Gasteiger partial charge in [-0.25, -0.2) is 9.18 Å². The smallest absolute Gasteiger partial charge is 0.334 e. The van der Waals surface area contributed by atoms with Gasteiger partial charge in [-0.1, -0.05) is 112 Å². The molecule has 1 aliphatic rings. The van der Waals surface area contributed by atoms with Gasteiger partial charge in [-0.05, 0) is 59.2 Å². The van der Waals surface area contributed by atoms with Crippen molar-refractivity contribution in [2.75, 3.05) is 0 Å². The first kappa shape index (κ1) is 31.8. The predicted molar refractivity (Wildman–Crippen MR) is 174 cm³/mol. The van der Waals surface area contributed by atoms with E-state index >= 15 is 4.39 Å². The van der Waals surface area contributed by atoms with E-state index in [0.29, 0.717) is 22.3 Å². The quantitative estimate of drug-likeness (QED) is 0.166. The highest BCUT2D eigenvalue weighted by atomic mass is 19.1. The minimum Gasteiger partial charge on any atom is -0.425 e. The number of carbonyl (C=O) groups excluding carboxylic acids is 3. The lowest BCUT2D eigenvalue weighted by atomic mass is 9.69. The largest absolute Gasteiger partial charge is 0.425 e. The van der Waals surface area contributed by atoms with Crippen molar-refractivity contribution in [2.24, 2.45) is 5.41 Å². The zero-order chi connectivity index (χ0) is 32.5. The van der Waals surface area contributed by atoms with Crippen molar-refractivity contribution < 1.29 is 23.5 Å². The van der Waals surface area contributed by atoms with Crippen LogP contribution in [0.3, 0.4) is 0 Å². The summed E-state index contributed by atoms with van der Waals surface area (Å²) >= 11 is 0. The molecule has 0 radical (unpaired) electrons. The number of hydrogen-bond donors (Lipinski definition) is 1. The molecule has 1 amide bonds. The van der Waals surface area contributed by atoms with Gasteiger partial charge in [-0.2, -0.15) is 0 Å². The van der Waals surface area contributed by atoms with Crippen molar-refractivity contribution >= 4 is 17.7 Å². The third kappa shape index (κ3) is 6.32. The molecule has 5 rings (SSSR count). The van der Waals surface area contributed by atoms with Crippen molar-refractivity contribution in [2.45, 2.75) is 71.8 Å². The standard InChI is InChI=1S/C39H40FNO4/c1-24-12-15-28(16-13-24)39(31-21-14-25(2)35(40)34(31)26(3)36(39)43)29-17-19-30(20-18-29)45-37(44)32(22-27-10-8-7-9-11-27)41-33(42)23-38(4,5)6/h7-21,26,32H,22-23H2,1-6H3,(H,41,42). The minimum absolute atomic E-state index is 0.111. The van der Waals surface area contributed by atoms with E-state index in [9.17, 15) is 14.4 Å². The predicted octanol–water partition coefficient (Wildman–Crippen LogP) is 7.53. The highest BCUT2D eigenvalue weighted by molar-refractivity contribution is 6.06. The molecule has 232 valence electrons. The molecule has 0 heterocycles. The molecule has 0 bridgehead atoms. The maximum Gasteiger partial charge on any atom is 0.334 e. The summed E-state index contributed by atoms with van der Waals surface area (Å²) in [5.74, 6) is -1.65. The summed E-state index contributed by atoms with van der Waals surface area (Å²) in [7, 11) is 0. The molecule has 0 aliphatic heterocycles.